The van der Waals surface area contributed by atoms with Crippen LogP contribution in [0.5, 0.6) is 0 Å². The Morgan fingerprint density at radius 3 is 2.76 bits per heavy atom. The molecule has 2 rings (SSSR count). The van der Waals surface area contributed by atoms with Crippen LogP contribution in [0.15, 0.2) is 42.5 Å². The molecule has 110 valence electrons. The van der Waals surface area contributed by atoms with Gasteiger partial charge in [-0.25, -0.2) is 0 Å². The van der Waals surface area contributed by atoms with Gasteiger partial charge in [-0.2, -0.15) is 0 Å². The molecule has 1 aromatic heterocycles. The predicted molar refractivity (Wildman–Crippen MR) is 88.2 cm³/mol. The van der Waals surface area contributed by atoms with Crippen molar-refractivity contribution >= 4 is 17.7 Å². The highest BCUT2D eigenvalue weighted by Crippen LogP contribution is 2.13. The third-order valence-electron chi connectivity index (χ3n) is 3.00. The first-order valence-electron chi connectivity index (χ1n) is 6.96. The lowest BCUT2D eigenvalue weighted by Crippen LogP contribution is -2.25. The van der Waals surface area contributed by atoms with Crippen molar-refractivity contribution in [1.29, 1.82) is 0 Å². The van der Waals surface area contributed by atoms with Crippen LogP contribution < -0.4 is 5.32 Å². The van der Waals surface area contributed by atoms with E-state index < -0.39 is 0 Å². The summed E-state index contributed by atoms with van der Waals surface area (Å²) >= 11 is 1.63. The van der Waals surface area contributed by atoms with Gasteiger partial charge < -0.3 is 5.32 Å². The number of carbonyl (C=O) groups excluding carboxylic acids is 1. The van der Waals surface area contributed by atoms with Gasteiger partial charge in [0.15, 0.2) is 0 Å². The molecule has 4 heteroatoms. The van der Waals surface area contributed by atoms with Gasteiger partial charge in [-0.1, -0.05) is 35.9 Å². The quantitative estimate of drug-likeness (QED) is 0.890. The lowest BCUT2D eigenvalue weighted by atomic mass is 10.2. The van der Waals surface area contributed by atoms with Crippen LogP contribution in [-0.4, -0.2) is 16.6 Å². The monoisotopic (exact) mass is 300 g/mol. The number of pyridine rings is 1. The Morgan fingerprint density at radius 2 is 2.00 bits per heavy atom. The van der Waals surface area contributed by atoms with E-state index in [4.69, 9.17) is 0 Å². The molecule has 0 saturated carbocycles. The van der Waals surface area contributed by atoms with E-state index in [0.29, 0.717) is 12.3 Å². The summed E-state index contributed by atoms with van der Waals surface area (Å²) in [6.45, 7) is 4.52. The summed E-state index contributed by atoms with van der Waals surface area (Å²) in [5, 5.41) is 2.90. The Bertz CT molecular complexity index is 613. The van der Waals surface area contributed by atoms with E-state index in [1.54, 1.807) is 11.8 Å². The van der Waals surface area contributed by atoms with E-state index in [1.165, 1.54) is 11.1 Å². The molecule has 21 heavy (non-hydrogen) atoms. The smallest absolute Gasteiger partial charge is 0.230 e. The number of benzene rings is 1. The third-order valence-corrected chi connectivity index (χ3v) is 4.00. The second kappa shape index (κ2) is 7.84. The fourth-order valence-electron chi connectivity index (χ4n) is 2.00. The highest BCUT2D eigenvalue weighted by molar-refractivity contribution is 7.99. The van der Waals surface area contributed by atoms with Gasteiger partial charge in [-0.15, -0.1) is 11.8 Å². The minimum Gasteiger partial charge on any atom is -0.350 e. The summed E-state index contributed by atoms with van der Waals surface area (Å²) < 4.78 is 0. The van der Waals surface area contributed by atoms with Gasteiger partial charge in [-0.3, -0.25) is 9.78 Å². The van der Waals surface area contributed by atoms with Crippen LogP contribution in [0.2, 0.25) is 0 Å². The normalized spacial score (nSPS) is 10.4. The maximum Gasteiger partial charge on any atom is 0.230 e. The fraction of sp³-hybridized carbons (Fsp3) is 0.294. The van der Waals surface area contributed by atoms with Crippen molar-refractivity contribution < 1.29 is 4.79 Å². The Kier molecular flexibility index (Phi) is 5.81. The molecule has 2 aromatic rings. The van der Waals surface area contributed by atoms with E-state index in [1.807, 2.05) is 25.1 Å². The minimum absolute atomic E-state index is 0.0518. The molecule has 0 aliphatic heterocycles. The van der Waals surface area contributed by atoms with Gasteiger partial charge >= 0.3 is 0 Å². The molecule has 0 radical (unpaired) electrons. The standard InChI is InChI=1S/C17H20N2OS/c1-13-5-3-7-15(9-13)11-21-12-17(20)18-10-16-8-4-6-14(2)19-16/h3-9H,10-12H2,1-2H3,(H,18,20). The molecule has 0 bridgehead atoms. The van der Waals surface area contributed by atoms with Gasteiger partial charge in [0.05, 0.1) is 18.0 Å². The van der Waals surface area contributed by atoms with Crippen molar-refractivity contribution in [3.63, 3.8) is 0 Å². The van der Waals surface area contributed by atoms with Crippen molar-refractivity contribution in [1.82, 2.24) is 10.3 Å². The molecule has 0 fully saturated rings. The fourth-order valence-corrected chi connectivity index (χ4v) is 2.81. The molecular formula is C17H20N2OS. The van der Waals surface area contributed by atoms with Crippen LogP contribution in [0.4, 0.5) is 0 Å². The molecule has 0 atom stereocenters. The van der Waals surface area contributed by atoms with E-state index in [-0.39, 0.29) is 5.91 Å². The maximum absolute atomic E-state index is 11.8. The third kappa shape index (κ3) is 5.60. The van der Waals surface area contributed by atoms with Gasteiger partial charge in [-0.05, 0) is 31.5 Å². The molecule has 0 aliphatic rings. The van der Waals surface area contributed by atoms with Crippen molar-refractivity contribution in [2.45, 2.75) is 26.1 Å². The summed E-state index contributed by atoms with van der Waals surface area (Å²) in [5.74, 6) is 1.38. The molecule has 1 aromatic carbocycles. The van der Waals surface area contributed by atoms with Crippen LogP contribution >= 0.6 is 11.8 Å². The second-order valence-corrected chi connectivity index (χ2v) is 6.01. The van der Waals surface area contributed by atoms with Crippen molar-refractivity contribution in [2.24, 2.45) is 0 Å². The van der Waals surface area contributed by atoms with E-state index in [0.717, 1.165) is 17.1 Å². The largest absolute Gasteiger partial charge is 0.350 e. The number of aromatic nitrogens is 1. The summed E-state index contributed by atoms with van der Waals surface area (Å²) in [4.78, 5) is 16.2. The average Bonchev–Trinajstić information content (AvgIpc) is 2.45. The van der Waals surface area contributed by atoms with E-state index in [9.17, 15) is 4.79 Å². The molecule has 1 amide bonds. The van der Waals surface area contributed by atoms with Gasteiger partial charge in [0.1, 0.15) is 0 Å². The molecule has 0 spiro atoms. The zero-order chi connectivity index (χ0) is 15.1. The summed E-state index contributed by atoms with van der Waals surface area (Å²) in [7, 11) is 0. The molecule has 0 saturated heterocycles. The number of nitrogens with zero attached hydrogens (tertiary/aromatic N) is 1. The Morgan fingerprint density at radius 1 is 1.19 bits per heavy atom. The van der Waals surface area contributed by atoms with Gasteiger partial charge in [0.25, 0.3) is 0 Å². The number of hydrogen-bond acceptors (Lipinski definition) is 3. The van der Waals surface area contributed by atoms with Crippen LogP contribution in [0.25, 0.3) is 0 Å². The predicted octanol–water partition coefficient (Wildman–Crippen LogP) is 3.25. The minimum atomic E-state index is 0.0518. The number of rotatable bonds is 6. The first-order valence-corrected chi connectivity index (χ1v) is 8.11. The first-order chi connectivity index (χ1) is 10.1. The number of hydrogen-bond donors (Lipinski definition) is 1. The van der Waals surface area contributed by atoms with E-state index >= 15 is 0 Å². The van der Waals surface area contributed by atoms with Gasteiger partial charge in [0.2, 0.25) is 5.91 Å². The Hall–Kier alpha value is -1.81. The summed E-state index contributed by atoms with van der Waals surface area (Å²) in [6, 6.07) is 14.2. The Labute approximate surface area is 130 Å². The lowest BCUT2D eigenvalue weighted by molar-refractivity contribution is -0.118. The zero-order valence-electron chi connectivity index (χ0n) is 12.4. The number of nitrogens with one attached hydrogen (secondary N) is 1. The number of thioether (sulfide) groups is 1. The van der Waals surface area contributed by atoms with Crippen LogP contribution in [-0.2, 0) is 17.1 Å². The lowest BCUT2D eigenvalue weighted by Gasteiger charge is -2.06. The van der Waals surface area contributed by atoms with E-state index in [2.05, 4.69) is 41.5 Å². The topological polar surface area (TPSA) is 42.0 Å². The molecule has 3 nitrogen and oxygen atoms in total. The maximum atomic E-state index is 11.8. The molecular weight excluding hydrogens is 280 g/mol. The summed E-state index contributed by atoms with van der Waals surface area (Å²) in [5.41, 5.74) is 4.37. The molecule has 0 unspecified atom stereocenters. The number of carbonyl (C=O) groups is 1. The summed E-state index contributed by atoms with van der Waals surface area (Å²) in [6.07, 6.45) is 0. The average molecular weight is 300 g/mol. The number of aryl methyl sites for hydroxylation is 2. The molecule has 1 N–H and O–H groups in total. The first kappa shape index (κ1) is 15.6. The van der Waals surface area contributed by atoms with Crippen molar-refractivity contribution in [3.05, 3.63) is 65.0 Å². The zero-order valence-corrected chi connectivity index (χ0v) is 13.2. The van der Waals surface area contributed by atoms with Crippen LogP contribution in [0.3, 0.4) is 0 Å². The highest BCUT2D eigenvalue weighted by atomic mass is 32.2. The SMILES string of the molecule is Cc1cccc(CSCC(=O)NCc2cccc(C)n2)c1. The number of amides is 1. The molecule has 1 heterocycles. The Balaban J connectivity index is 1.70. The second-order valence-electron chi connectivity index (χ2n) is 5.03. The molecule has 0 aliphatic carbocycles. The van der Waals surface area contributed by atoms with Crippen molar-refractivity contribution in [2.75, 3.05) is 5.75 Å². The highest BCUT2D eigenvalue weighted by Gasteiger charge is 2.03. The van der Waals surface area contributed by atoms with Gasteiger partial charge in [0, 0.05) is 11.4 Å². The van der Waals surface area contributed by atoms with Crippen molar-refractivity contribution in [3.8, 4) is 0 Å². The van der Waals surface area contributed by atoms with Crippen LogP contribution in [0, 0.1) is 13.8 Å². The van der Waals surface area contributed by atoms with Crippen LogP contribution in [0.1, 0.15) is 22.5 Å².